The summed E-state index contributed by atoms with van der Waals surface area (Å²) in [6.45, 7) is 6.56. The van der Waals surface area contributed by atoms with Gasteiger partial charge in [-0.1, -0.05) is 53.6 Å². The van der Waals surface area contributed by atoms with Gasteiger partial charge in [0.25, 0.3) is 0 Å². The molecule has 0 N–H and O–H groups in total. The first kappa shape index (κ1) is 13.8. The lowest BCUT2D eigenvalue weighted by molar-refractivity contribution is 0.925. The van der Waals surface area contributed by atoms with Gasteiger partial charge in [-0.2, -0.15) is 0 Å². The molecule has 92 valence electrons. The Morgan fingerprint density at radius 3 is 2.29 bits per heavy atom. The summed E-state index contributed by atoms with van der Waals surface area (Å²) < 4.78 is 0. The summed E-state index contributed by atoms with van der Waals surface area (Å²) in [4.78, 5) is 0. The minimum absolute atomic E-state index is 1.15. The molecule has 1 aromatic rings. The third kappa shape index (κ3) is 6.78. The highest BCUT2D eigenvalue weighted by molar-refractivity contribution is 5.15. The van der Waals surface area contributed by atoms with Crippen LogP contribution in [-0.4, -0.2) is 0 Å². The second-order valence-electron chi connectivity index (χ2n) is 4.89. The minimum Gasteiger partial charge on any atom is -0.0856 e. The Kier molecular flexibility index (Phi) is 6.39. The van der Waals surface area contributed by atoms with Crippen LogP contribution in [0, 0.1) is 0 Å². The molecule has 0 saturated carbocycles. The van der Waals surface area contributed by atoms with Gasteiger partial charge in [-0.3, -0.25) is 0 Å². The molecule has 0 aliphatic heterocycles. The Bertz CT molecular complexity index is 364. The first-order valence-electron chi connectivity index (χ1n) is 6.51. The number of rotatable bonds is 6. The van der Waals surface area contributed by atoms with Crippen LogP contribution >= 0.6 is 0 Å². The van der Waals surface area contributed by atoms with Gasteiger partial charge in [-0.05, 0) is 52.0 Å². The highest BCUT2D eigenvalue weighted by Gasteiger charge is 1.91. The summed E-state index contributed by atoms with van der Waals surface area (Å²) >= 11 is 0. The van der Waals surface area contributed by atoms with E-state index in [1.165, 1.54) is 29.6 Å². The number of allylic oxidation sites excluding steroid dienone is 4. The molecule has 0 saturated heterocycles. The molecule has 0 atom stereocenters. The van der Waals surface area contributed by atoms with Crippen molar-refractivity contribution in [2.24, 2.45) is 0 Å². The van der Waals surface area contributed by atoms with Crippen molar-refractivity contribution in [2.75, 3.05) is 0 Å². The van der Waals surface area contributed by atoms with Gasteiger partial charge in [0.2, 0.25) is 0 Å². The van der Waals surface area contributed by atoms with E-state index in [4.69, 9.17) is 0 Å². The quantitative estimate of drug-likeness (QED) is 0.579. The Morgan fingerprint density at radius 2 is 1.65 bits per heavy atom. The topological polar surface area (TPSA) is 0 Å². The maximum Gasteiger partial charge on any atom is -0.0244 e. The number of benzene rings is 1. The molecular weight excluding hydrogens is 204 g/mol. The van der Waals surface area contributed by atoms with Crippen LogP contribution in [0.25, 0.3) is 0 Å². The molecular formula is C17H24. The molecule has 0 aromatic heterocycles. The largest absolute Gasteiger partial charge is 0.0856 e. The highest BCUT2D eigenvalue weighted by atomic mass is 14.0. The summed E-state index contributed by atoms with van der Waals surface area (Å²) in [6, 6.07) is 10.7. The monoisotopic (exact) mass is 228 g/mol. The second kappa shape index (κ2) is 7.89. The van der Waals surface area contributed by atoms with Crippen LogP contribution in [0.3, 0.4) is 0 Å². The van der Waals surface area contributed by atoms with Crippen molar-refractivity contribution in [3.05, 3.63) is 59.2 Å². The minimum atomic E-state index is 1.15. The fourth-order valence-electron chi connectivity index (χ4n) is 1.82. The molecule has 0 nitrogen and oxygen atoms in total. The molecule has 0 aliphatic rings. The molecule has 1 rings (SSSR count). The van der Waals surface area contributed by atoms with E-state index in [-0.39, 0.29) is 0 Å². The predicted octanol–water partition coefficient (Wildman–Crippen LogP) is 5.31. The van der Waals surface area contributed by atoms with Crippen molar-refractivity contribution in [3.8, 4) is 0 Å². The van der Waals surface area contributed by atoms with Crippen LogP contribution in [0.1, 0.15) is 45.6 Å². The first-order valence-corrected chi connectivity index (χ1v) is 6.51. The number of hydrogen-bond acceptors (Lipinski definition) is 0. The molecule has 0 heteroatoms. The van der Waals surface area contributed by atoms with Crippen molar-refractivity contribution in [2.45, 2.75) is 46.5 Å². The smallest absolute Gasteiger partial charge is 0.0244 e. The molecule has 17 heavy (non-hydrogen) atoms. The van der Waals surface area contributed by atoms with Gasteiger partial charge in [0.15, 0.2) is 0 Å². The zero-order valence-electron chi connectivity index (χ0n) is 11.4. The van der Waals surface area contributed by atoms with Gasteiger partial charge in [0.1, 0.15) is 0 Å². The molecule has 0 heterocycles. The van der Waals surface area contributed by atoms with E-state index in [1.54, 1.807) is 0 Å². The summed E-state index contributed by atoms with van der Waals surface area (Å²) in [6.07, 6.45) is 9.38. The molecule has 0 radical (unpaired) electrons. The van der Waals surface area contributed by atoms with Gasteiger partial charge in [0.05, 0.1) is 0 Å². The van der Waals surface area contributed by atoms with E-state index in [1.807, 2.05) is 0 Å². The SMILES string of the molecule is CC(C)=CCCC(C)=CCCc1ccccc1. The lowest BCUT2D eigenvalue weighted by Crippen LogP contribution is -1.83. The fraction of sp³-hybridized carbons (Fsp3) is 0.412. The summed E-state index contributed by atoms with van der Waals surface area (Å²) in [5, 5.41) is 0. The summed E-state index contributed by atoms with van der Waals surface area (Å²) in [5.74, 6) is 0. The van der Waals surface area contributed by atoms with Crippen molar-refractivity contribution < 1.29 is 0 Å². The van der Waals surface area contributed by atoms with E-state index in [0.29, 0.717) is 0 Å². The molecule has 1 aromatic carbocycles. The lowest BCUT2D eigenvalue weighted by Gasteiger charge is -2.00. The van der Waals surface area contributed by atoms with Crippen LogP contribution in [0.4, 0.5) is 0 Å². The second-order valence-corrected chi connectivity index (χ2v) is 4.89. The molecule has 0 fully saturated rings. The van der Waals surface area contributed by atoms with Gasteiger partial charge in [0, 0.05) is 0 Å². The van der Waals surface area contributed by atoms with E-state index >= 15 is 0 Å². The molecule has 0 aliphatic carbocycles. The normalized spacial score (nSPS) is 11.4. The maximum absolute atomic E-state index is 2.38. The van der Waals surface area contributed by atoms with E-state index in [0.717, 1.165) is 12.8 Å². The summed E-state index contributed by atoms with van der Waals surface area (Å²) in [7, 11) is 0. The van der Waals surface area contributed by atoms with E-state index < -0.39 is 0 Å². The fourth-order valence-corrected chi connectivity index (χ4v) is 1.82. The Balaban J connectivity index is 2.26. The zero-order chi connectivity index (χ0) is 12.5. The maximum atomic E-state index is 2.38. The van der Waals surface area contributed by atoms with Crippen LogP contribution in [-0.2, 0) is 6.42 Å². The van der Waals surface area contributed by atoms with Gasteiger partial charge in [-0.25, -0.2) is 0 Å². The van der Waals surface area contributed by atoms with Gasteiger partial charge < -0.3 is 0 Å². The highest BCUT2D eigenvalue weighted by Crippen LogP contribution is 2.09. The zero-order valence-corrected chi connectivity index (χ0v) is 11.4. The Morgan fingerprint density at radius 1 is 0.941 bits per heavy atom. The Labute approximate surface area is 106 Å². The third-order valence-electron chi connectivity index (χ3n) is 2.86. The lowest BCUT2D eigenvalue weighted by atomic mass is 10.1. The van der Waals surface area contributed by atoms with E-state index in [9.17, 15) is 0 Å². The average Bonchev–Trinajstić information content (AvgIpc) is 2.30. The van der Waals surface area contributed by atoms with Gasteiger partial charge >= 0.3 is 0 Å². The van der Waals surface area contributed by atoms with Crippen LogP contribution in [0.5, 0.6) is 0 Å². The molecule has 0 unspecified atom stereocenters. The number of hydrogen-bond donors (Lipinski definition) is 0. The third-order valence-corrected chi connectivity index (χ3v) is 2.86. The average molecular weight is 228 g/mol. The summed E-state index contributed by atoms with van der Waals surface area (Å²) in [5.41, 5.74) is 4.36. The molecule has 0 spiro atoms. The number of aryl methyl sites for hydroxylation is 1. The van der Waals surface area contributed by atoms with Gasteiger partial charge in [-0.15, -0.1) is 0 Å². The predicted molar refractivity (Wildman–Crippen MR) is 77.2 cm³/mol. The van der Waals surface area contributed by atoms with Crippen LogP contribution < -0.4 is 0 Å². The molecule has 0 bridgehead atoms. The van der Waals surface area contributed by atoms with Crippen molar-refractivity contribution in [3.63, 3.8) is 0 Å². The van der Waals surface area contributed by atoms with Crippen molar-refractivity contribution >= 4 is 0 Å². The standard InChI is InChI=1S/C17H24/c1-15(2)9-7-10-16(3)11-8-14-17-12-5-4-6-13-17/h4-6,9,11-13H,7-8,10,14H2,1-3H3. The molecule has 0 amide bonds. The van der Waals surface area contributed by atoms with Crippen molar-refractivity contribution in [1.29, 1.82) is 0 Å². The first-order chi connectivity index (χ1) is 8.18. The Hall–Kier alpha value is -1.30. The van der Waals surface area contributed by atoms with Crippen molar-refractivity contribution in [1.82, 2.24) is 0 Å². The van der Waals surface area contributed by atoms with Crippen LogP contribution in [0.15, 0.2) is 53.6 Å². The van der Waals surface area contributed by atoms with Crippen LogP contribution in [0.2, 0.25) is 0 Å². The van der Waals surface area contributed by atoms with E-state index in [2.05, 4.69) is 63.3 Å².